The lowest BCUT2D eigenvalue weighted by molar-refractivity contribution is 0.0562. The number of rotatable bonds is 3. The van der Waals surface area contributed by atoms with E-state index in [1.165, 1.54) is 18.3 Å². The molecule has 2 aromatic rings. The van der Waals surface area contributed by atoms with E-state index in [1.807, 2.05) is 0 Å². The Kier molecular flexibility index (Phi) is 6.67. The topological polar surface area (TPSA) is 111 Å². The average molecular weight is 525 g/mol. The lowest BCUT2D eigenvalue weighted by Gasteiger charge is -2.29. The molecule has 186 valence electrons. The number of nitrogens with one attached hydrogen (secondary N) is 1. The van der Waals surface area contributed by atoms with Crippen LogP contribution in [0.2, 0.25) is 5.15 Å². The van der Waals surface area contributed by atoms with Gasteiger partial charge in [-0.15, -0.1) is 0 Å². The van der Waals surface area contributed by atoms with Crippen LogP contribution in [-0.4, -0.2) is 46.4 Å². The molecule has 35 heavy (non-hydrogen) atoms. The van der Waals surface area contributed by atoms with Crippen LogP contribution in [0.5, 0.6) is 0 Å². The van der Waals surface area contributed by atoms with E-state index in [2.05, 4.69) is 20.3 Å². The summed E-state index contributed by atoms with van der Waals surface area (Å²) in [5, 5.41) is 0.587. The summed E-state index contributed by atoms with van der Waals surface area (Å²) in [6, 6.07) is 2.69. The number of carbonyl (C=O) groups is 1. The molecule has 1 N–H and O–H groups in total. The molecule has 0 spiro atoms. The highest BCUT2D eigenvalue weighted by Gasteiger charge is 2.52. The predicted octanol–water partition coefficient (Wildman–Crippen LogP) is 4.66. The minimum absolute atomic E-state index is 0.0221. The third kappa shape index (κ3) is 5.35. The Labute approximate surface area is 206 Å². The quantitative estimate of drug-likeness (QED) is 0.625. The number of ether oxygens (including phenoxy) is 1. The van der Waals surface area contributed by atoms with Crippen LogP contribution in [0.15, 0.2) is 35.6 Å². The molecule has 3 heterocycles. The first-order valence-electron chi connectivity index (χ1n) is 10.8. The number of benzene rings is 1. The number of carbonyl (C=O) groups excluding carboxylic acids is 1. The molecule has 0 aliphatic carbocycles. The normalized spacial score (nSPS) is 23.5. The molecule has 1 aromatic carbocycles. The second-order valence-electron chi connectivity index (χ2n) is 9.28. The standard InChI is InChI=1S/C23H23ClF2N4O4S/c1-23(2,3)34-22(31)30-21-18-7-6-17(35(18,32)33)20(29-21)13-8-12(4-5-14(13)25)9-15(26)16-10-28-19(24)11-27-16/h4-5,8-11,17-18,20H,6-7H2,1-3H3,(H,29,30,31)/b15-9-. The number of aromatic nitrogens is 2. The number of hydrogen-bond donors (Lipinski definition) is 1. The first-order chi connectivity index (χ1) is 16.3. The maximum atomic E-state index is 14.9. The number of nitrogens with zero attached hydrogens (tertiary/aromatic N) is 3. The van der Waals surface area contributed by atoms with Crippen molar-refractivity contribution >= 4 is 45.3 Å². The van der Waals surface area contributed by atoms with Gasteiger partial charge in [-0.05, 0) is 57.4 Å². The Morgan fingerprint density at radius 1 is 1.23 bits per heavy atom. The Morgan fingerprint density at radius 2 is 1.97 bits per heavy atom. The molecule has 1 amide bonds. The summed E-state index contributed by atoms with van der Waals surface area (Å²) in [7, 11) is -3.75. The number of amidine groups is 1. The van der Waals surface area contributed by atoms with Gasteiger partial charge in [0.2, 0.25) is 0 Å². The third-order valence-corrected chi connectivity index (χ3v) is 8.38. The van der Waals surface area contributed by atoms with Crippen molar-refractivity contribution in [3.8, 4) is 0 Å². The predicted molar refractivity (Wildman–Crippen MR) is 128 cm³/mol. The highest BCUT2D eigenvalue weighted by Crippen LogP contribution is 2.43. The number of halogens is 3. The minimum atomic E-state index is -3.75. The molecule has 0 radical (unpaired) electrons. The van der Waals surface area contributed by atoms with Gasteiger partial charge >= 0.3 is 6.09 Å². The molecule has 2 bridgehead atoms. The van der Waals surface area contributed by atoms with E-state index < -0.39 is 49.7 Å². The molecule has 1 saturated heterocycles. The number of hydrogen-bond acceptors (Lipinski definition) is 7. The van der Waals surface area contributed by atoms with Crippen molar-refractivity contribution in [2.24, 2.45) is 4.99 Å². The van der Waals surface area contributed by atoms with Crippen molar-refractivity contribution in [3.05, 3.63) is 58.4 Å². The zero-order valence-corrected chi connectivity index (χ0v) is 20.7. The molecular formula is C23H23ClF2N4O4S. The van der Waals surface area contributed by atoms with Gasteiger partial charge in [-0.1, -0.05) is 17.7 Å². The van der Waals surface area contributed by atoms with Gasteiger partial charge in [0, 0.05) is 5.56 Å². The molecule has 1 aromatic heterocycles. The molecule has 2 aliphatic rings. The van der Waals surface area contributed by atoms with Crippen LogP contribution in [-0.2, 0) is 14.6 Å². The molecule has 2 aliphatic heterocycles. The smallest absolute Gasteiger partial charge is 0.413 e. The number of alkyl carbamates (subject to hydrolysis) is 1. The number of fused-ring (bicyclic) bond motifs is 2. The van der Waals surface area contributed by atoms with Crippen molar-refractivity contribution in [1.82, 2.24) is 15.3 Å². The summed E-state index contributed by atoms with van der Waals surface area (Å²) in [5.74, 6) is -1.51. The van der Waals surface area contributed by atoms with E-state index in [4.69, 9.17) is 16.3 Å². The molecule has 0 saturated carbocycles. The minimum Gasteiger partial charge on any atom is -0.444 e. The van der Waals surface area contributed by atoms with Crippen LogP contribution in [0.1, 0.15) is 56.5 Å². The summed E-state index contributed by atoms with van der Waals surface area (Å²) in [6.45, 7) is 5.01. The zero-order valence-electron chi connectivity index (χ0n) is 19.1. The molecule has 3 unspecified atom stereocenters. The molecular weight excluding hydrogens is 502 g/mol. The highest BCUT2D eigenvalue weighted by atomic mass is 35.5. The summed E-state index contributed by atoms with van der Waals surface area (Å²) < 4.78 is 61.1. The van der Waals surface area contributed by atoms with Crippen molar-refractivity contribution in [2.75, 3.05) is 0 Å². The maximum absolute atomic E-state index is 14.9. The Bertz CT molecular complexity index is 1320. The fourth-order valence-electron chi connectivity index (χ4n) is 4.13. The van der Waals surface area contributed by atoms with Gasteiger partial charge < -0.3 is 4.74 Å². The molecule has 8 nitrogen and oxygen atoms in total. The van der Waals surface area contributed by atoms with E-state index in [1.54, 1.807) is 20.8 Å². The van der Waals surface area contributed by atoms with Crippen molar-refractivity contribution in [1.29, 1.82) is 0 Å². The number of aliphatic imine (C=N–C) groups is 1. The average Bonchev–Trinajstić information content (AvgIpc) is 2.93. The second-order valence-corrected chi connectivity index (χ2v) is 12.0. The molecule has 12 heteroatoms. The molecule has 4 rings (SSSR count). The van der Waals surface area contributed by atoms with Crippen molar-refractivity contribution in [3.63, 3.8) is 0 Å². The van der Waals surface area contributed by atoms with E-state index in [0.717, 1.165) is 18.3 Å². The van der Waals surface area contributed by atoms with Crippen LogP contribution in [0, 0.1) is 5.82 Å². The molecule has 1 fully saturated rings. The van der Waals surface area contributed by atoms with E-state index in [-0.39, 0.29) is 40.7 Å². The first-order valence-corrected chi connectivity index (χ1v) is 12.8. The van der Waals surface area contributed by atoms with Gasteiger partial charge in [0.15, 0.2) is 15.7 Å². The largest absolute Gasteiger partial charge is 0.444 e. The Hall–Kier alpha value is -2.92. The van der Waals surface area contributed by atoms with Crippen LogP contribution < -0.4 is 5.32 Å². The fraction of sp³-hybridized carbons (Fsp3) is 0.391. The van der Waals surface area contributed by atoms with Crippen LogP contribution >= 0.6 is 11.6 Å². The Morgan fingerprint density at radius 3 is 2.63 bits per heavy atom. The maximum Gasteiger partial charge on any atom is 0.413 e. The first kappa shape index (κ1) is 25.2. The van der Waals surface area contributed by atoms with Gasteiger partial charge in [-0.25, -0.2) is 32.0 Å². The number of amides is 1. The van der Waals surface area contributed by atoms with Gasteiger partial charge in [0.1, 0.15) is 33.4 Å². The van der Waals surface area contributed by atoms with Crippen LogP contribution in [0.3, 0.4) is 0 Å². The summed E-state index contributed by atoms with van der Waals surface area (Å²) in [4.78, 5) is 24.4. The van der Waals surface area contributed by atoms with Gasteiger partial charge in [0.25, 0.3) is 0 Å². The highest BCUT2D eigenvalue weighted by molar-refractivity contribution is 7.93. The van der Waals surface area contributed by atoms with Crippen molar-refractivity contribution < 1.29 is 26.7 Å². The van der Waals surface area contributed by atoms with Gasteiger partial charge in [-0.3, -0.25) is 10.3 Å². The monoisotopic (exact) mass is 524 g/mol. The Balaban J connectivity index is 1.70. The van der Waals surface area contributed by atoms with E-state index >= 15 is 0 Å². The van der Waals surface area contributed by atoms with E-state index in [9.17, 15) is 22.0 Å². The SMILES string of the molecule is CC(C)(C)OC(=O)NC1=NC(c2cc(/C=C(\F)c3cnc(Cl)cn3)ccc2F)C2CCC1S2(=O)=O. The summed E-state index contributed by atoms with van der Waals surface area (Å²) in [5.41, 5.74) is -0.626. The van der Waals surface area contributed by atoms with E-state index in [0.29, 0.717) is 0 Å². The third-order valence-electron chi connectivity index (χ3n) is 5.59. The lowest BCUT2D eigenvalue weighted by Crippen LogP contribution is -2.47. The van der Waals surface area contributed by atoms with Crippen molar-refractivity contribution in [2.45, 2.75) is 55.8 Å². The van der Waals surface area contributed by atoms with Gasteiger partial charge in [0.05, 0.1) is 23.7 Å². The van der Waals surface area contributed by atoms with Crippen LogP contribution in [0.4, 0.5) is 13.6 Å². The van der Waals surface area contributed by atoms with Crippen LogP contribution in [0.25, 0.3) is 11.9 Å². The summed E-state index contributed by atoms with van der Waals surface area (Å²) >= 11 is 5.68. The zero-order chi connectivity index (χ0) is 25.5. The second kappa shape index (κ2) is 9.27. The lowest BCUT2D eigenvalue weighted by atomic mass is 9.98. The van der Waals surface area contributed by atoms with Gasteiger partial charge in [-0.2, -0.15) is 0 Å². The summed E-state index contributed by atoms with van der Waals surface area (Å²) in [6.07, 6.45) is 3.11. The molecule has 3 atom stereocenters. The fourth-order valence-corrected chi connectivity index (χ4v) is 6.57. The number of sulfone groups is 1.